The first-order chi connectivity index (χ1) is 14.2. The van der Waals surface area contributed by atoms with Crippen molar-refractivity contribution < 1.29 is 10.9 Å². The second kappa shape index (κ2) is 9.62. The molecule has 0 spiro atoms. The molecular weight excluding hydrogens is 507 g/mol. The molecule has 5 heteroatoms. The summed E-state index contributed by atoms with van der Waals surface area (Å²) in [6, 6.07) is 23.2. The third kappa shape index (κ3) is 5.50. The Balaban J connectivity index is 2.01. The molecule has 0 aliphatic heterocycles. The minimum absolute atomic E-state index is 0.202. The molecular formula is C25H29IO3S. The number of aryl methyl sites for hydroxylation is 1. The second-order valence-corrected chi connectivity index (χ2v) is 14.5. The van der Waals surface area contributed by atoms with Crippen molar-refractivity contribution in [2.45, 2.75) is 51.3 Å². The van der Waals surface area contributed by atoms with Gasteiger partial charge in [-0.1, -0.05) is 0 Å². The van der Waals surface area contributed by atoms with E-state index in [0.717, 1.165) is 12.7 Å². The fourth-order valence-corrected chi connectivity index (χ4v) is 9.83. The Morgan fingerprint density at radius 2 is 1.07 bits per heavy atom. The van der Waals surface area contributed by atoms with Gasteiger partial charge in [-0.15, -0.1) is 0 Å². The van der Waals surface area contributed by atoms with Crippen LogP contribution in [-0.4, -0.2) is 8.42 Å². The first-order valence-corrected chi connectivity index (χ1v) is 14.5. The number of halogens is 1. The summed E-state index contributed by atoms with van der Waals surface area (Å²) in [5.41, 5.74) is 3.47. The van der Waals surface area contributed by atoms with E-state index in [0.29, 0.717) is 11.8 Å². The number of benzene rings is 3. The first-order valence-electron chi connectivity index (χ1n) is 10.1. The van der Waals surface area contributed by atoms with Crippen LogP contribution in [0.1, 0.15) is 56.2 Å². The maximum absolute atomic E-state index is 13.1. The summed E-state index contributed by atoms with van der Waals surface area (Å²) in [5.74, 6) is 0.840. The van der Waals surface area contributed by atoms with Gasteiger partial charge in [0, 0.05) is 0 Å². The molecule has 160 valence electrons. The van der Waals surface area contributed by atoms with Crippen LogP contribution in [0, 0.1) is 14.1 Å². The van der Waals surface area contributed by atoms with Gasteiger partial charge < -0.3 is 0 Å². The van der Waals surface area contributed by atoms with Gasteiger partial charge in [0.2, 0.25) is 0 Å². The molecule has 0 fully saturated rings. The average molecular weight is 536 g/mol. The Kier molecular flexibility index (Phi) is 7.37. The quantitative estimate of drug-likeness (QED) is 0.303. The second-order valence-electron chi connectivity index (χ2n) is 7.99. The van der Waals surface area contributed by atoms with Gasteiger partial charge in [-0.05, 0) is 0 Å². The van der Waals surface area contributed by atoms with Crippen LogP contribution in [0.5, 0.6) is 0 Å². The van der Waals surface area contributed by atoms with Crippen LogP contribution in [-0.2, 0) is 12.6 Å². The van der Waals surface area contributed by atoms with Gasteiger partial charge in [0.25, 0.3) is 0 Å². The van der Waals surface area contributed by atoms with Gasteiger partial charge in [0.1, 0.15) is 0 Å². The van der Waals surface area contributed by atoms with E-state index in [1.165, 1.54) is 11.1 Å². The van der Waals surface area contributed by atoms with Crippen molar-refractivity contribution in [2.75, 3.05) is 0 Å². The van der Waals surface area contributed by atoms with Crippen LogP contribution < -0.4 is 0 Å². The SMILES string of the molecule is Cc1ccc(S(=O)(=O)OI(c2ccc(C(C)C)cc2)c2ccc(C(C)C)cc2)cc1. The summed E-state index contributed by atoms with van der Waals surface area (Å²) in [7, 11) is -3.86. The van der Waals surface area contributed by atoms with Gasteiger partial charge >= 0.3 is 189 Å². The van der Waals surface area contributed by atoms with Crippen molar-refractivity contribution in [1.82, 2.24) is 0 Å². The normalized spacial score (nSPS) is 12.4. The zero-order valence-corrected chi connectivity index (χ0v) is 21.1. The van der Waals surface area contributed by atoms with Crippen LogP contribution in [0.4, 0.5) is 0 Å². The Morgan fingerprint density at radius 1 is 0.667 bits per heavy atom. The predicted octanol–water partition coefficient (Wildman–Crippen LogP) is 7.11. The molecule has 0 heterocycles. The van der Waals surface area contributed by atoms with Crippen LogP contribution >= 0.6 is 20.2 Å². The van der Waals surface area contributed by atoms with E-state index < -0.39 is 30.4 Å². The standard InChI is InChI=1S/C25H29IO3S/c1-18(2)21-8-12-23(13-9-21)26(24-14-10-22(11-15-24)19(3)4)29-30(27,28)25-16-6-20(5)7-17-25/h6-19H,1-5H3. The van der Waals surface area contributed by atoms with Crippen molar-refractivity contribution in [1.29, 1.82) is 0 Å². The van der Waals surface area contributed by atoms with Crippen LogP contribution in [0.3, 0.4) is 0 Å². The van der Waals surface area contributed by atoms with E-state index in [1.807, 2.05) is 31.2 Å². The molecule has 0 N–H and O–H groups in total. The molecule has 3 aromatic carbocycles. The molecule has 0 atom stereocenters. The first kappa shape index (κ1) is 23.0. The zero-order chi connectivity index (χ0) is 21.9. The molecule has 3 rings (SSSR count). The summed E-state index contributed by atoms with van der Waals surface area (Å²) < 4.78 is 34.0. The average Bonchev–Trinajstić information content (AvgIpc) is 2.72. The molecule has 0 aromatic heterocycles. The monoisotopic (exact) mass is 536 g/mol. The number of hydrogen-bond donors (Lipinski definition) is 0. The van der Waals surface area contributed by atoms with E-state index in [-0.39, 0.29) is 4.90 Å². The molecule has 0 bridgehead atoms. The molecule has 3 aromatic rings. The van der Waals surface area contributed by atoms with Gasteiger partial charge in [0.05, 0.1) is 0 Å². The third-order valence-corrected chi connectivity index (χ3v) is 12.3. The fraction of sp³-hybridized carbons (Fsp3) is 0.280. The molecule has 0 aliphatic carbocycles. The summed E-state index contributed by atoms with van der Waals surface area (Å²) in [4.78, 5) is 0.202. The van der Waals surface area contributed by atoms with Crippen LogP contribution in [0.15, 0.2) is 77.7 Å². The van der Waals surface area contributed by atoms with E-state index in [2.05, 4.69) is 52.0 Å². The molecule has 3 nitrogen and oxygen atoms in total. The summed E-state index contributed by atoms with van der Waals surface area (Å²) in [6.45, 7) is 10.5. The van der Waals surface area contributed by atoms with Crippen molar-refractivity contribution >= 4 is 30.4 Å². The topological polar surface area (TPSA) is 43.4 Å². The molecule has 0 radical (unpaired) electrons. The van der Waals surface area contributed by atoms with Crippen LogP contribution in [0.2, 0.25) is 0 Å². The number of rotatable bonds is 7. The maximum atomic E-state index is 13.1. The van der Waals surface area contributed by atoms with Gasteiger partial charge in [-0.3, -0.25) is 0 Å². The van der Waals surface area contributed by atoms with Crippen molar-refractivity contribution in [3.8, 4) is 0 Å². The van der Waals surface area contributed by atoms with E-state index in [9.17, 15) is 8.42 Å². The predicted molar refractivity (Wildman–Crippen MR) is 132 cm³/mol. The molecule has 0 amide bonds. The third-order valence-electron chi connectivity index (χ3n) is 4.93. The van der Waals surface area contributed by atoms with Gasteiger partial charge in [-0.25, -0.2) is 0 Å². The Hall–Kier alpha value is -1.70. The minimum atomic E-state index is -3.86. The fourth-order valence-electron chi connectivity index (χ4n) is 2.95. The van der Waals surface area contributed by atoms with Crippen molar-refractivity contribution in [2.24, 2.45) is 0 Å². The zero-order valence-electron chi connectivity index (χ0n) is 18.1. The molecule has 0 unspecified atom stereocenters. The molecule has 30 heavy (non-hydrogen) atoms. The molecule has 0 saturated carbocycles. The van der Waals surface area contributed by atoms with E-state index >= 15 is 0 Å². The Labute approximate surface area is 188 Å². The Bertz CT molecular complexity index is 1020. The van der Waals surface area contributed by atoms with Gasteiger partial charge in [0.15, 0.2) is 0 Å². The summed E-state index contributed by atoms with van der Waals surface area (Å²) in [5, 5.41) is 0. The van der Waals surface area contributed by atoms with E-state index in [4.69, 9.17) is 2.51 Å². The summed E-state index contributed by atoms with van der Waals surface area (Å²) in [6.07, 6.45) is 0. The molecule has 0 aliphatic rings. The number of hydrogen-bond acceptors (Lipinski definition) is 3. The summed E-state index contributed by atoms with van der Waals surface area (Å²) >= 11 is -2.67. The molecule has 0 saturated heterocycles. The van der Waals surface area contributed by atoms with Crippen LogP contribution in [0.25, 0.3) is 0 Å². The Morgan fingerprint density at radius 3 is 1.43 bits per heavy atom. The van der Waals surface area contributed by atoms with Gasteiger partial charge in [-0.2, -0.15) is 0 Å². The van der Waals surface area contributed by atoms with Crippen molar-refractivity contribution in [3.05, 3.63) is 96.6 Å². The van der Waals surface area contributed by atoms with E-state index in [1.54, 1.807) is 24.3 Å². The van der Waals surface area contributed by atoms with Crippen molar-refractivity contribution in [3.63, 3.8) is 0 Å².